The predicted octanol–water partition coefficient (Wildman–Crippen LogP) is 2.15. The van der Waals surface area contributed by atoms with Gasteiger partial charge in [-0.15, -0.1) is 0 Å². The fraction of sp³-hybridized carbons (Fsp3) is 0.333. The van der Waals surface area contributed by atoms with Gasteiger partial charge in [-0.3, -0.25) is 14.3 Å². The molecule has 0 bridgehead atoms. The van der Waals surface area contributed by atoms with Crippen molar-refractivity contribution < 1.29 is 19.1 Å². The molecule has 1 heterocycles. The van der Waals surface area contributed by atoms with Crippen LogP contribution in [-0.2, 0) is 27.8 Å². The lowest BCUT2D eigenvalue weighted by molar-refractivity contribution is -0.136. The number of esters is 1. The zero-order valence-electron chi connectivity index (χ0n) is 16.6. The molecule has 28 heavy (non-hydrogen) atoms. The normalized spacial score (nSPS) is 10.9. The average molecular weight is 383 g/mol. The third-order valence-electron chi connectivity index (χ3n) is 4.36. The first-order valence-electron chi connectivity index (χ1n) is 8.99. The standard InChI is InChI=1S/C21H25N3O4/c1-14-19(15(2)24(4)23-14)9-10-21(27)28-13-20(26)18-7-5-17(6-8-18)11-12-22-16(3)25/h5-10H,11-13H2,1-4H3,(H,22,25)/b10-9+. The number of hydrogen-bond acceptors (Lipinski definition) is 5. The highest BCUT2D eigenvalue weighted by Gasteiger charge is 2.10. The molecule has 0 aliphatic carbocycles. The molecule has 0 saturated heterocycles. The molecule has 148 valence electrons. The van der Waals surface area contributed by atoms with Crippen molar-refractivity contribution in [3.8, 4) is 0 Å². The van der Waals surface area contributed by atoms with E-state index >= 15 is 0 Å². The van der Waals surface area contributed by atoms with Gasteiger partial charge in [0.05, 0.1) is 5.69 Å². The van der Waals surface area contributed by atoms with Crippen LogP contribution in [0.1, 0.15) is 39.8 Å². The van der Waals surface area contributed by atoms with E-state index in [0.717, 1.165) is 22.5 Å². The van der Waals surface area contributed by atoms with E-state index in [2.05, 4.69) is 10.4 Å². The number of aromatic nitrogens is 2. The number of carbonyl (C=O) groups is 3. The summed E-state index contributed by atoms with van der Waals surface area (Å²) in [5.41, 5.74) is 4.10. The number of benzene rings is 1. The topological polar surface area (TPSA) is 90.3 Å². The molecule has 7 nitrogen and oxygen atoms in total. The Hall–Kier alpha value is -3.22. The molecule has 0 radical (unpaired) electrons. The van der Waals surface area contributed by atoms with Crippen LogP contribution in [0.25, 0.3) is 6.08 Å². The van der Waals surface area contributed by atoms with Crippen LogP contribution in [0.5, 0.6) is 0 Å². The Balaban J connectivity index is 1.85. The van der Waals surface area contributed by atoms with Crippen LogP contribution in [-0.4, -0.2) is 40.6 Å². The van der Waals surface area contributed by atoms with Crippen LogP contribution in [0, 0.1) is 13.8 Å². The third-order valence-corrected chi connectivity index (χ3v) is 4.36. The first kappa shape index (κ1) is 21.1. The van der Waals surface area contributed by atoms with Gasteiger partial charge >= 0.3 is 5.97 Å². The number of hydrogen-bond donors (Lipinski definition) is 1. The molecule has 0 aliphatic heterocycles. The highest BCUT2D eigenvalue weighted by atomic mass is 16.5. The fourth-order valence-corrected chi connectivity index (χ4v) is 2.69. The van der Waals surface area contributed by atoms with Crippen LogP contribution in [0.2, 0.25) is 0 Å². The molecular formula is C21H25N3O4. The third kappa shape index (κ3) is 5.90. The van der Waals surface area contributed by atoms with Crippen molar-refractivity contribution in [1.29, 1.82) is 0 Å². The van der Waals surface area contributed by atoms with Crippen LogP contribution < -0.4 is 5.32 Å². The van der Waals surface area contributed by atoms with Crippen molar-refractivity contribution in [1.82, 2.24) is 15.1 Å². The number of carbonyl (C=O) groups excluding carboxylic acids is 3. The van der Waals surface area contributed by atoms with Gasteiger partial charge < -0.3 is 10.1 Å². The number of amides is 1. The highest BCUT2D eigenvalue weighted by molar-refractivity contribution is 5.99. The number of Topliss-reactive ketones (excluding diaryl/α,β-unsaturated/α-hetero) is 1. The van der Waals surface area contributed by atoms with Crippen molar-refractivity contribution in [3.63, 3.8) is 0 Å². The molecule has 0 unspecified atom stereocenters. The number of nitrogens with one attached hydrogen (secondary N) is 1. The number of nitrogens with zero attached hydrogens (tertiary/aromatic N) is 2. The van der Waals surface area contributed by atoms with E-state index in [4.69, 9.17) is 4.74 Å². The second kappa shape index (κ2) is 9.64. The van der Waals surface area contributed by atoms with E-state index in [1.165, 1.54) is 13.0 Å². The summed E-state index contributed by atoms with van der Waals surface area (Å²) in [5, 5.41) is 7.00. The van der Waals surface area contributed by atoms with E-state index in [1.807, 2.05) is 33.0 Å². The van der Waals surface area contributed by atoms with Gasteiger partial charge in [-0.1, -0.05) is 24.3 Å². The van der Waals surface area contributed by atoms with Gasteiger partial charge in [0.25, 0.3) is 0 Å². The van der Waals surface area contributed by atoms with E-state index in [9.17, 15) is 14.4 Å². The summed E-state index contributed by atoms with van der Waals surface area (Å²) in [6.07, 6.45) is 3.63. The molecule has 0 atom stereocenters. The summed E-state index contributed by atoms with van der Waals surface area (Å²) in [6.45, 7) is 5.47. The van der Waals surface area contributed by atoms with Gasteiger partial charge in [0, 0.05) is 43.4 Å². The molecule has 2 aromatic rings. The van der Waals surface area contributed by atoms with Gasteiger partial charge in [0.15, 0.2) is 12.4 Å². The molecule has 7 heteroatoms. The summed E-state index contributed by atoms with van der Waals surface area (Å²) in [5.74, 6) is -0.927. The number of ketones is 1. The number of rotatable bonds is 8. The lowest BCUT2D eigenvalue weighted by Gasteiger charge is -2.05. The number of aryl methyl sites for hydroxylation is 2. The van der Waals surface area contributed by atoms with Crippen molar-refractivity contribution in [3.05, 3.63) is 58.4 Å². The summed E-state index contributed by atoms with van der Waals surface area (Å²) < 4.78 is 6.78. The Morgan fingerprint density at radius 2 is 1.86 bits per heavy atom. The van der Waals surface area contributed by atoms with Crippen molar-refractivity contribution in [2.75, 3.05) is 13.2 Å². The van der Waals surface area contributed by atoms with Gasteiger partial charge in [-0.25, -0.2) is 4.79 Å². The van der Waals surface area contributed by atoms with Crippen molar-refractivity contribution >= 4 is 23.7 Å². The second-order valence-corrected chi connectivity index (χ2v) is 6.50. The monoisotopic (exact) mass is 383 g/mol. The first-order valence-corrected chi connectivity index (χ1v) is 8.99. The largest absolute Gasteiger partial charge is 0.454 e. The quantitative estimate of drug-likeness (QED) is 0.429. The van der Waals surface area contributed by atoms with Crippen molar-refractivity contribution in [2.24, 2.45) is 7.05 Å². The van der Waals surface area contributed by atoms with Gasteiger partial charge in [0.1, 0.15) is 0 Å². The zero-order valence-corrected chi connectivity index (χ0v) is 16.6. The maximum atomic E-state index is 12.2. The lowest BCUT2D eigenvalue weighted by Crippen LogP contribution is -2.22. The molecular weight excluding hydrogens is 358 g/mol. The summed E-state index contributed by atoms with van der Waals surface area (Å²) >= 11 is 0. The summed E-state index contributed by atoms with van der Waals surface area (Å²) in [4.78, 5) is 34.9. The lowest BCUT2D eigenvalue weighted by atomic mass is 10.1. The number of ether oxygens (including phenoxy) is 1. The Morgan fingerprint density at radius 3 is 2.43 bits per heavy atom. The maximum Gasteiger partial charge on any atom is 0.331 e. The maximum absolute atomic E-state index is 12.2. The molecule has 1 N–H and O–H groups in total. The zero-order chi connectivity index (χ0) is 20.7. The van der Waals surface area contributed by atoms with E-state index in [1.54, 1.807) is 22.9 Å². The molecule has 0 aliphatic rings. The second-order valence-electron chi connectivity index (χ2n) is 6.50. The molecule has 0 saturated carbocycles. The first-order chi connectivity index (χ1) is 13.3. The van der Waals surface area contributed by atoms with Crippen molar-refractivity contribution in [2.45, 2.75) is 27.2 Å². The van der Waals surface area contributed by atoms with E-state index < -0.39 is 5.97 Å². The van der Waals surface area contributed by atoms with Crippen LogP contribution in [0.15, 0.2) is 30.3 Å². The molecule has 2 rings (SSSR count). The Kier molecular flexibility index (Phi) is 7.26. The Labute approximate surface area is 164 Å². The van der Waals surface area contributed by atoms with E-state index in [-0.39, 0.29) is 18.3 Å². The smallest absolute Gasteiger partial charge is 0.331 e. The average Bonchev–Trinajstić information content (AvgIpc) is 2.90. The minimum absolute atomic E-state index is 0.0727. The Morgan fingerprint density at radius 1 is 1.18 bits per heavy atom. The van der Waals surface area contributed by atoms with Gasteiger partial charge in [0.2, 0.25) is 5.91 Å². The van der Waals surface area contributed by atoms with Gasteiger partial charge in [-0.2, -0.15) is 5.10 Å². The predicted molar refractivity (Wildman–Crippen MR) is 106 cm³/mol. The molecule has 0 spiro atoms. The summed E-state index contributed by atoms with van der Waals surface area (Å²) in [7, 11) is 1.84. The minimum Gasteiger partial charge on any atom is -0.454 e. The van der Waals surface area contributed by atoms with Crippen LogP contribution >= 0.6 is 0 Å². The fourth-order valence-electron chi connectivity index (χ4n) is 2.69. The summed E-state index contributed by atoms with van der Waals surface area (Å²) in [6, 6.07) is 7.03. The molecule has 1 aromatic carbocycles. The Bertz CT molecular complexity index is 895. The molecule has 1 aromatic heterocycles. The molecule has 0 fully saturated rings. The van der Waals surface area contributed by atoms with E-state index in [0.29, 0.717) is 18.5 Å². The van der Waals surface area contributed by atoms with Gasteiger partial charge in [-0.05, 0) is 31.9 Å². The highest BCUT2D eigenvalue weighted by Crippen LogP contribution is 2.13. The van der Waals surface area contributed by atoms with Crippen LogP contribution in [0.3, 0.4) is 0 Å². The molecule has 1 amide bonds. The minimum atomic E-state index is -0.581. The SMILES string of the molecule is CC(=O)NCCc1ccc(C(=O)COC(=O)/C=C/c2c(C)nn(C)c2C)cc1. The van der Waals surface area contributed by atoms with Crippen LogP contribution in [0.4, 0.5) is 0 Å².